The molecule has 0 unspecified atom stereocenters. The van der Waals surface area contributed by atoms with Crippen LogP contribution in [0, 0.1) is 17.0 Å². The van der Waals surface area contributed by atoms with E-state index in [-0.39, 0.29) is 11.3 Å². The first kappa shape index (κ1) is 9.67. The smallest absolute Gasteiger partial charge is 0.280 e. The van der Waals surface area contributed by atoms with Gasteiger partial charge in [-0.05, 0) is 18.6 Å². The predicted molar refractivity (Wildman–Crippen MR) is 48.2 cm³/mol. The van der Waals surface area contributed by atoms with Gasteiger partial charge in [0, 0.05) is 11.1 Å². The summed E-state index contributed by atoms with van der Waals surface area (Å²) >= 11 is 5.69. The molecule has 68 valence electrons. The van der Waals surface area contributed by atoms with E-state index in [2.05, 4.69) is 0 Å². The van der Waals surface area contributed by atoms with Crippen molar-refractivity contribution in [3.8, 4) is 0 Å². The molecule has 0 radical (unpaired) electrons. The normalized spacial score (nSPS) is 9.69. The number of nitro groups is 1. The maximum atomic E-state index is 10.4. The average molecular weight is 200 g/mol. The fraction of sp³-hybridized carbons (Fsp3) is 0.125. The monoisotopic (exact) mass is 199 g/mol. The highest BCUT2D eigenvalue weighted by molar-refractivity contribution is 6.31. The topological polar surface area (TPSA) is 60.2 Å². The summed E-state index contributed by atoms with van der Waals surface area (Å²) in [5.41, 5.74) is 0.372. The lowest BCUT2D eigenvalue weighted by Gasteiger charge is -1.99. The van der Waals surface area contributed by atoms with Crippen molar-refractivity contribution in [1.29, 1.82) is 0 Å². The molecule has 0 fully saturated rings. The maximum Gasteiger partial charge on any atom is 0.280 e. The Morgan fingerprint density at radius 1 is 1.54 bits per heavy atom. The van der Waals surface area contributed by atoms with Crippen molar-refractivity contribution in [3.05, 3.63) is 38.4 Å². The van der Waals surface area contributed by atoms with Crippen molar-refractivity contribution >= 4 is 23.6 Å². The van der Waals surface area contributed by atoms with Gasteiger partial charge in [-0.25, -0.2) is 0 Å². The Morgan fingerprint density at radius 2 is 2.15 bits per heavy atom. The maximum absolute atomic E-state index is 10.4. The largest absolute Gasteiger partial charge is 0.298 e. The first-order valence-corrected chi connectivity index (χ1v) is 3.83. The number of hydrogen-bond acceptors (Lipinski definition) is 3. The summed E-state index contributed by atoms with van der Waals surface area (Å²) in [6, 6.07) is 2.58. The van der Waals surface area contributed by atoms with Gasteiger partial charge in [-0.3, -0.25) is 14.9 Å². The number of hydrogen-bond donors (Lipinski definition) is 0. The average Bonchev–Trinajstić information content (AvgIpc) is 2.08. The second kappa shape index (κ2) is 3.53. The zero-order chi connectivity index (χ0) is 10.0. The second-order valence-electron chi connectivity index (χ2n) is 2.54. The van der Waals surface area contributed by atoms with Crippen molar-refractivity contribution in [2.75, 3.05) is 0 Å². The van der Waals surface area contributed by atoms with E-state index in [4.69, 9.17) is 11.6 Å². The molecule has 0 atom stereocenters. The van der Waals surface area contributed by atoms with Crippen LogP contribution in [0.25, 0.3) is 0 Å². The van der Waals surface area contributed by atoms with Crippen LogP contribution in [0.4, 0.5) is 5.69 Å². The van der Waals surface area contributed by atoms with Crippen LogP contribution >= 0.6 is 11.6 Å². The van der Waals surface area contributed by atoms with Crippen LogP contribution < -0.4 is 0 Å². The molecule has 0 aliphatic carbocycles. The molecule has 0 heterocycles. The van der Waals surface area contributed by atoms with Gasteiger partial charge in [-0.2, -0.15) is 0 Å². The molecule has 5 heteroatoms. The summed E-state index contributed by atoms with van der Waals surface area (Å²) in [7, 11) is 0. The Balaban J connectivity index is 3.41. The molecule has 4 nitrogen and oxygen atoms in total. The van der Waals surface area contributed by atoms with Gasteiger partial charge in [-0.1, -0.05) is 11.6 Å². The first-order chi connectivity index (χ1) is 6.06. The highest BCUT2D eigenvalue weighted by Crippen LogP contribution is 2.24. The Hall–Kier alpha value is -1.42. The minimum Gasteiger partial charge on any atom is -0.298 e. The molecular weight excluding hydrogens is 194 g/mol. The fourth-order valence-corrected chi connectivity index (χ4v) is 1.11. The number of aryl methyl sites for hydroxylation is 1. The Kier molecular flexibility index (Phi) is 2.63. The third-order valence-corrected chi connectivity index (χ3v) is 2.04. The summed E-state index contributed by atoms with van der Waals surface area (Å²) in [6.07, 6.45) is 0.420. The molecule has 1 aromatic carbocycles. The van der Waals surface area contributed by atoms with E-state index in [1.165, 1.54) is 12.1 Å². The van der Waals surface area contributed by atoms with E-state index < -0.39 is 4.92 Å². The van der Waals surface area contributed by atoms with Gasteiger partial charge in [0.1, 0.15) is 0 Å². The van der Waals surface area contributed by atoms with Gasteiger partial charge in [0.15, 0.2) is 6.29 Å². The third-order valence-electron chi connectivity index (χ3n) is 1.63. The van der Waals surface area contributed by atoms with Crippen LogP contribution in [0.3, 0.4) is 0 Å². The third kappa shape index (κ3) is 1.84. The van der Waals surface area contributed by atoms with Crippen LogP contribution in [-0.4, -0.2) is 11.2 Å². The van der Waals surface area contributed by atoms with Crippen molar-refractivity contribution in [2.24, 2.45) is 0 Å². The number of nitro benzene ring substituents is 1. The molecule has 1 rings (SSSR count). The zero-order valence-electron chi connectivity index (χ0n) is 6.78. The minimum absolute atomic E-state index is 0.000556. The van der Waals surface area contributed by atoms with E-state index >= 15 is 0 Å². The Bertz CT molecular complexity index is 376. The van der Waals surface area contributed by atoms with Crippen molar-refractivity contribution in [3.63, 3.8) is 0 Å². The number of aldehydes is 1. The zero-order valence-corrected chi connectivity index (χ0v) is 7.54. The standard InChI is InChI=1S/C8H6ClNO3/c1-5-2-8(10(12)13)6(4-11)3-7(5)9/h2-4H,1H3. The number of carbonyl (C=O) groups is 1. The van der Waals surface area contributed by atoms with Crippen LogP contribution in [0.5, 0.6) is 0 Å². The molecule has 0 saturated carbocycles. The Labute approximate surface area is 79.3 Å². The van der Waals surface area contributed by atoms with Crippen molar-refractivity contribution in [1.82, 2.24) is 0 Å². The molecule has 13 heavy (non-hydrogen) atoms. The highest BCUT2D eigenvalue weighted by Gasteiger charge is 2.14. The second-order valence-corrected chi connectivity index (χ2v) is 2.94. The van der Waals surface area contributed by atoms with Gasteiger partial charge in [-0.15, -0.1) is 0 Å². The van der Waals surface area contributed by atoms with Gasteiger partial charge in [0.05, 0.1) is 10.5 Å². The molecule has 0 aliphatic rings. The molecule has 0 saturated heterocycles. The highest BCUT2D eigenvalue weighted by atomic mass is 35.5. The van der Waals surface area contributed by atoms with Crippen molar-refractivity contribution in [2.45, 2.75) is 6.92 Å². The molecule has 0 amide bonds. The van der Waals surface area contributed by atoms with Gasteiger partial charge in [0.2, 0.25) is 0 Å². The molecule has 0 aromatic heterocycles. The number of rotatable bonds is 2. The first-order valence-electron chi connectivity index (χ1n) is 3.46. The van der Waals surface area contributed by atoms with E-state index in [0.717, 1.165) is 0 Å². The summed E-state index contributed by atoms with van der Waals surface area (Å²) < 4.78 is 0. The summed E-state index contributed by atoms with van der Waals surface area (Å²) in [4.78, 5) is 20.3. The molecular formula is C8H6ClNO3. The molecule has 0 spiro atoms. The Morgan fingerprint density at radius 3 is 2.62 bits per heavy atom. The number of nitrogens with zero attached hydrogens (tertiary/aromatic N) is 1. The van der Waals surface area contributed by atoms with Crippen LogP contribution in [0.2, 0.25) is 5.02 Å². The molecule has 0 N–H and O–H groups in total. The van der Waals surface area contributed by atoms with Gasteiger partial charge >= 0.3 is 0 Å². The predicted octanol–water partition coefficient (Wildman–Crippen LogP) is 2.37. The van der Waals surface area contributed by atoms with Crippen molar-refractivity contribution < 1.29 is 9.72 Å². The summed E-state index contributed by atoms with van der Waals surface area (Å²) in [5, 5.41) is 10.8. The molecule has 0 bridgehead atoms. The minimum atomic E-state index is -0.604. The molecule has 0 aliphatic heterocycles. The lowest BCUT2D eigenvalue weighted by molar-refractivity contribution is -0.385. The lowest BCUT2D eigenvalue weighted by atomic mass is 10.1. The SMILES string of the molecule is Cc1cc([N+](=O)[O-])c(C=O)cc1Cl. The quantitative estimate of drug-likeness (QED) is 0.417. The van der Waals surface area contributed by atoms with Crippen LogP contribution in [0.15, 0.2) is 12.1 Å². The number of carbonyl (C=O) groups excluding carboxylic acids is 1. The van der Waals surface area contributed by atoms with E-state index in [1.807, 2.05) is 0 Å². The van der Waals surface area contributed by atoms with E-state index in [1.54, 1.807) is 6.92 Å². The lowest BCUT2D eigenvalue weighted by Crippen LogP contribution is -1.95. The number of benzene rings is 1. The van der Waals surface area contributed by atoms with E-state index in [0.29, 0.717) is 16.9 Å². The number of halogens is 1. The van der Waals surface area contributed by atoms with Gasteiger partial charge < -0.3 is 0 Å². The van der Waals surface area contributed by atoms with Crippen LogP contribution in [-0.2, 0) is 0 Å². The van der Waals surface area contributed by atoms with Crippen LogP contribution in [0.1, 0.15) is 15.9 Å². The van der Waals surface area contributed by atoms with Gasteiger partial charge in [0.25, 0.3) is 5.69 Å². The van der Waals surface area contributed by atoms with E-state index in [9.17, 15) is 14.9 Å². The summed E-state index contributed by atoms with van der Waals surface area (Å²) in [5.74, 6) is 0. The summed E-state index contributed by atoms with van der Waals surface area (Å²) in [6.45, 7) is 1.64. The fourth-order valence-electron chi connectivity index (χ4n) is 0.934. The molecule has 1 aromatic rings.